The molecule has 0 aliphatic heterocycles. The van der Waals surface area contributed by atoms with E-state index in [1.807, 2.05) is 47.6 Å². The van der Waals surface area contributed by atoms with E-state index in [2.05, 4.69) is 10.1 Å². The minimum atomic E-state index is -0.0245. The number of imidazole rings is 1. The number of hydrogen-bond donors (Lipinski definition) is 0. The minimum Gasteiger partial charge on any atom is -0.332 e. The fourth-order valence-electron chi connectivity index (χ4n) is 3.15. The van der Waals surface area contributed by atoms with E-state index >= 15 is 0 Å². The number of nitrogens with zero attached hydrogens (tertiary/aromatic N) is 5. The van der Waals surface area contributed by atoms with Crippen molar-refractivity contribution < 1.29 is 4.79 Å². The number of carbonyl (C=O) groups is 1. The highest BCUT2D eigenvalue weighted by atomic mass is 16.2. The summed E-state index contributed by atoms with van der Waals surface area (Å²) in [6.45, 7) is 2.76. The van der Waals surface area contributed by atoms with Gasteiger partial charge in [-0.1, -0.05) is 0 Å². The van der Waals surface area contributed by atoms with Crippen molar-refractivity contribution in [3.8, 4) is 0 Å². The fourth-order valence-corrected chi connectivity index (χ4v) is 3.15. The van der Waals surface area contributed by atoms with Gasteiger partial charge in [-0.3, -0.25) is 9.48 Å². The molecule has 0 bridgehead atoms. The fraction of sp³-hybridized carbons (Fsp3) is 0.533. The summed E-state index contributed by atoms with van der Waals surface area (Å²) < 4.78 is 3.80. The van der Waals surface area contributed by atoms with Crippen LogP contribution in [-0.4, -0.2) is 37.2 Å². The van der Waals surface area contributed by atoms with Gasteiger partial charge in [0.25, 0.3) is 5.91 Å². The molecule has 1 unspecified atom stereocenters. The predicted octanol–water partition coefficient (Wildman–Crippen LogP) is 1.79. The van der Waals surface area contributed by atoms with Crippen LogP contribution in [0.25, 0.3) is 0 Å². The third-order valence-electron chi connectivity index (χ3n) is 4.38. The third-order valence-corrected chi connectivity index (χ3v) is 4.38. The maximum absolute atomic E-state index is 12.7. The summed E-state index contributed by atoms with van der Waals surface area (Å²) in [4.78, 5) is 18.7. The second-order valence-electron chi connectivity index (χ2n) is 5.53. The van der Waals surface area contributed by atoms with Gasteiger partial charge in [0.05, 0.1) is 12.2 Å². The molecule has 1 amide bonds. The van der Waals surface area contributed by atoms with Crippen LogP contribution in [0.5, 0.6) is 0 Å². The summed E-state index contributed by atoms with van der Waals surface area (Å²) in [6, 6.07) is 0.0944. The molecule has 0 saturated carbocycles. The Kier molecular flexibility index (Phi) is 3.53. The van der Waals surface area contributed by atoms with Crippen molar-refractivity contribution >= 4 is 5.91 Å². The van der Waals surface area contributed by atoms with E-state index in [1.54, 1.807) is 6.20 Å². The Balaban J connectivity index is 1.89. The second kappa shape index (κ2) is 5.35. The molecule has 1 aliphatic rings. The predicted molar refractivity (Wildman–Crippen MR) is 78.9 cm³/mol. The van der Waals surface area contributed by atoms with Crippen LogP contribution in [0.3, 0.4) is 0 Å². The Morgan fingerprint density at radius 2 is 2.33 bits per heavy atom. The van der Waals surface area contributed by atoms with Gasteiger partial charge in [-0.05, 0) is 26.2 Å². The zero-order valence-corrected chi connectivity index (χ0v) is 12.8. The monoisotopic (exact) mass is 287 g/mol. The molecule has 0 radical (unpaired) electrons. The molecule has 6 heteroatoms. The first kappa shape index (κ1) is 13.9. The Morgan fingerprint density at radius 1 is 1.52 bits per heavy atom. The number of hydrogen-bond acceptors (Lipinski definition) is 3. The number of aromatic nitrogens is 4. The summed E-state index contributed by atoms with van der Waals surface area (Å²) in [7, 11) is 3.83. The van der Waals surface area contributed by atoms with Crippen LogP contribution >= 0.6 is 0 Å². The van der Waals surface area contributed by atoms with Gasteiger partial charge in [0.15, 0.2) is 5.82 Å². The molecular weight excluding hydrogens is 266 g/mol. The number of rotatable bonds is 3. The molecule has 21 heavy (non-hydrogen) atoms. The molecule has 3 rings (SSSR count). The molecule has 2 heterocycles. The van der Waals surface area contributed by atoms with E-state index < -0.39 is 0 Å². The highest BCUT2D eigenvalue weighted by molar-refractivity contribution is 5.91. The number of amides is 1. The van der Waals surface area contributed by atoms with Gasteiger partial charge in [-0.15, -0.1) is 0 Å². The average molecular weight is 287 g/mol. The standard InChI is InChI=1S/C15H21N5O/c1-4-20-9-8-16-14(20)15(21)18(2)12-6-5-7-13-11(12)10-17-19(13)3/h8-10,12H,4-7H2,1-3H3. The molecule has 0 aromatic carbocycles. The van der Waals surface area contributed by atoms with Gasteiger partial charge in [0.2, 0.25) is 0 Å². The summed E-state index contributed by atoms with van der Waals surface area (Å²) in [6.07, 6.45) is 8.52. The van der Waals surface area contributed by atoms with Gasteiger partial charge >= 0.3 is 0 Å². The van der Waals surface area contributed by atoms with Crippen molar-refractivity contribution in [1.82, 2.24) is 24.2 Å². The van der Waals surface area contributed by atoms with Gasteiger partial charge in [-0.2, -0.15) is 5.10 Å². The summed E-state index contributed by atoms with van der Waals surface area (Å²) in [5.74, 6) is 0.486. The number of fused-ring (bicyclic) bond motifs is 1. The van der Waals surface area contributed by atoms with Crippen LogP contribution in [0.2, 0.25) is 0 Å². The molecule has 6 nitrogen and oxygen atoms in total. The summed E-state index contributed by atoms with van der Waals surface area (Å²) in [5.41, 5.74) is 2.42. The van der Waals surface area contributed by atoms with Crippen molar-refractivity contribution in [2.45, 2.75) is 38.8 Å². The normalized spacial score (nSPS) is 17.6. The Morgan fingerprint density at radius 3 is 3.10 bits per heavy atom. The molecule has 0 spiro atoms. The van der Waals surface area contributed by atoms with E-state index in [9.17, 15) is 4.79 Å². The van der Waals surface area contributed by atoms with Crippen molar-refractivity contribution in [2.75, 3.05) is 7.05 Å². The smallest absolute Gasteiger partial charge is 0.290 e. The van der Waals surface area contributed by atoms with Crippen molar-refractivity contribution in [2.24, 2.45) is 7.05 Å². The van der Waals surface area contributed by atoms with Crippen LogP contribution in [-0.2, 0) is 20.0 Å². The van der Waals surface area contributed by atoms with E-state index in [1.165, 1.54) is 11.3 Å². The Bertz CT molecular complexity index is 657. The largest absolute Gasteiger partial charge is 0.332 e. The highest BCUT2D eigenvalue weighted by Crippen LogP contribution is 2.33. The quantitative estimate of drug-likeness (QED) is 0.864. The van der Waals surface area contributed by atoms with Crippen molar-refractivity contribution in [1.29, 1.82) is 0 Å². The molecule has 1 aliphatic carbocycles. The molecular formula is C15H21N5O. The third kappa shape index (κ3) is 2.24. The van der Waals surface area contributed by atoms with Crippen molar-refractivity contribution in [3.05, 3.63) is 35.7 Å². The maximum Gasteiger partial charge on any atom is 0.290 e. The molecule has 2 aromatic heterocycles. The highest BCUT2D eigenvalue weighted by Gasteiger charge is 2.30. The van der Waals surface area contributed by atoms with Crippen LogP contribution in [0.15, 0.2) is 18.6 Å². The first-order valence-corrected chi connectivity index (χ1v) is 7.42. The van der Waals surface area contributed by atoms with E-state index in [0.29, 0.717) is 5.82 Å². The number of carbonyl (C=O) groups excluding carboxylic acids is 1. The van der Waals surface area contributed by atoms with E-state index in [-0.39, 0.29) is 11.9 Å². The van der Waals surface area contributed by atoms with Gasteiger partial charge in [0, 0.05) is 44.3 Å². The first-order chi connectivity index (χ1) is 10.1. The van der Waals surface area contributed by atoms with Gasteiger partial charge in [0.1, 0.15) is 0 Å². The lowest BCUT2D eigenvalue weighted by Gasteiger charge is -2.31. The Hall–Kier alpha value is -2.11. The van der Waals surface area contributed by atoms with Gasteiger partial charge < -0.3 is 9.47 Å². The Labute approximate surface area is 124 Å². The second-order valence-corrected chi connectivity index (χ2v) is 5.53. The minimum absolute atomic E-state index is 0.0245. The molecule has 0 N–H and O–H groups in total. The molecule has 0 fully saturated rings. The SMILES string of the molecule is CCn1ccnc1C(=O)N(C)C1CCCc2c1cnn2C. The first-order valence-electron chi connectivity index (χ1n) is 7.42. The molecule has 1 atom stereocenters. The maximum atomic E-state index is 12.7. The van der Waals surface area contributed by atoms with Crippen LogP contribution in [0.4, 0.5) is 0 Å². The zero-order valence-electron chi connectivity index (χ0n) is 12.8. The molecule has 0 saturated heterocycles. The lowest BCUT2D eigenvalue weighted by atomic mass is 9.92. The molecule has 2 aromatic rings. The van der Waals surface area contributed by atoms with Gasteiger partial charge in [-0.25, -0.2) is 4.98 Å². The summed E-state index contributed by atoms with van der Waals surface area (Å²) >= 11 is 0. The van der Waals surface area contributed by atoms with E-state index in [0.717, 1.165) is 25.8 Å². The lowest BCUT2D eigenvalue weighted by Crippen LogP contribution is -2.34. The van der Waals surface area contributed by atoms with Crippen LogP contribution in [0, 0.1) is 0 Å². The zero-order chi connectivity index (χ0) is 15.0. The summed E-state index contributed by atoms with van der Waals surface area (Å²) in [5, 5.41) is 4.34. The van der Waals surface area contributed by atoms with Crippen LogP contribution in [0.1, 0.15) is 47.7 Å². The average Bonchev–Trinajstić information content (AvgIpc) is 3.12. The lowest BCUT2D eigenvalue weighted by molar-refractivity contribution is 0.0697. The number of aryl methyl sites for hydroxylation is 2. The van der Waals surface area contributed by atoms with E-state index in [4.69, 9.17) is 0 Å². The molecule has 112 valence electrons. The topological polar surface area (TPSA) is 56.0 Å². The van der Waals surface area contributed by atoms with Crippen LogP contribution < -0.4 is 0 Å². The van der Waals surface area contributed by atoms with Crippen molar-refractivity contribution in [3.63, 3.8) is 0 Å².